The average molecular weight is 253 g/mol. The van der Waals surface area contributed by atoms with Crippen LogP contribution in [-0.4, -0.2) is 36.9 Å². The second-order valence-electron chi connectivity index (χ2n) is 4.49. The molecule has 0 aliphatic carbocycles. The topological polar surface area (TPSA) is 76.4 Å². The van der Waals surface area contributed by atoms with E-state index in [2.05, 4.69) is 15.8 Å². The van der Waals surface area contributed by atoms with Crippen LogP contribution in [0.25, 0.3) is 0 Å². The van der Waals surface area contributed by atoms with Crippen molar-refractivity contribution >= 4 is 5.91 Å². The molecule has 0 radical (unpaired) electrons. The maximum Gasteiger partial charge on any atom is 0.234 e. The number of aromatic nitrogens is 1. The zero-order valence-electron chi connectivity index (χ0n) is 10.6. The van der Waals surface area contributed by atoms with E-state index in [0.29, 0.717) is 13.1 Å². The van der Waals surface area contributed by atoms with E-state index in [9.17, 15) is 4.79 Å². The van der Waals surface area contributed by atoms with Gasteiger partial charge in [-0.15, -0.1) is 0 Å². The first-order valence-corrected chi connectivity index (χ1v) is 6.24. The Morgan fingerprint density at radius 3 is 2.94 bits per heavy atom. The molecule has 0 spiro atoms. The second-order valence-corrected chi connectivity index (χ2v) is 4.49. The Labute approximate surface area is 106 Å². The molecular formula is C12H19N3O3. The third kappa shape index (κ3) is 4.12. The lowest BCUT2D eigenvalue weighted by atomic mass is 10.1. The minimum absolute atomic E-state index is 0.0158. The van der Waals surface area contributed by atoms with Crippen molar-refractivity contribution in [2.24, 2.45) is 0 Å². The Kier molecular flexibility index (Phi) is 4.72. The normalized spacial score (nSPS) is 16.7. The molecule has 2 heterocycles. The van der Waals surface area contributed by atoms with Crippen LogP contribution in [0.15, 0.2) is 10.6 Å². The maximum atomic E-state index is 11.6. The fraction of sp³-hybridized carbons (Fsp3) is 0.667. The number of nitrogens with one attached hydrogen (secondary N) is 2. The van der Waals surface area contributed by atoms with Gasteiger partial charge in [-0.3, -0.25) is 4.79 Å². The SMILES string of the molecule is Cc1cc(CNCC(=O)NC2CCOCC2)no1. The fourth-order valence-electron chi connectivity index (χ4n) is 1.93. The Morgan fingerprint density at radius 1 is 1.50 bits per heavy atom. The summed E-state index contributed by atoms with van der Waals surface area (Å²) in [5.41, 5.74) is 0.811. The monoisotopic (exact) mass is 253 g/mol. The van der Waals surface area contributed by atoms with Crippen LogP contribution in [0.3, 0.4) is 0 Å². The summed E-state index contributed by atoms with van der Waals surface area (Å²) >= 11 is 0. The smallest absolute Gasteiger partial charge is 0.234 e. The van der Waals surface area contributed by atoms with Crippen LogP contribution in [0.1, 0.15) is 24.3 Å². The molecule has 18 heavy (non-hydrogen) atoms. The fourth-order valence-corrected chi connectivity index (χ4v) is 1.93. The predicted molar refractivity (Wildman–Crippen MR) is 64.9 cm³/mol. The van der Waals surface area contributed by atoms with Crippen molar-refractivity contribution in [3.8, 4) is 0 Å². The van der Waals surface area contributed by atoms with Crippen LogP contribution >= 0.6 is 0 Å². The van der Waals surface area contributed by atoms with Gasteiger partial charge in [-0.1, -0.05) is 5.16 Å². The van der Waals surface area contributed by atoms with E-state index in [1.54, 1.807) is 0 Å². The van der Waals surface area contributed by atoms with E-state index in [1.165, 1.54) is 0 Å². The van der Waals surface area contributed by atoms with E-state index < -0.39 is 0 Å². The molecule has 0 saturated carbocycles. The largest absolute Gasteiger partial charge is 0.381 e. The summed E-state index contributed by atoms with van der Waals surface area (Å²) in [4.78, 5) is 11.6. The lowest BCUT2D eigenvalue weighted by Crippen LogP contribution is -2.42. The van der Waals surface area contributed by atoms with Gasteiger partial charge in [-0.2, -0.15) is 0 Å². The molecule has 2 N–H and O–H groups in total. The number of hydrogen-bond acceptors (Lipinski definition) is 5. The molecule has 0 atom stereocenters. The van der Waals surface area contributed by atoms with E-state index in [1.807, 2.05) is 13.0 Å². The van der Waals surface area contributed by atoms with E-state index in [4.69, 9.17) is 9.26 Å². The maximum absolute atomic E-state index is 11.6. The molecule has 0 bridgehead atoms. The molecule has 1 aromatic heterocycles. The summed E-state index contributed by atoms with van der Waals surface area (Å²) in [5.74, 6) is 0.792. The highest BCUT2D eigenvalue weighted by molar-refractivity contribution is 5.78. The van der Waals surface area contributed by atoms with Gasteiger partial charge in [0.05, 0.1) is 12.2 Å². The summed E-state index contributed by atoms with van der Waals surface area (Å²) in [6.45, 7) is 4.14. The minimum Gasteiger partial charge on any atom is -0.381 e. The molecule has 100 valence electrons. The summed E-state index contributed by atoms with van der Waals surface area (Å²) in [6.07, 6.45) is 1.79. The zero-order valence-corrected chi connectivity index (χ0v) is 10.6. The van der Waals surface area contributed by atoms with Crippen LogP contribution in [0.4, 0.5) is 0 Å². The van der Waals surface area contributed by atoms with Crippen molar-refractivity contribution < 1.29 is 14.1 Å². The number of carbonyl (C=O) groups excluding carboxylic acids is 1. The van der Waals surface area contributed by atoms with Gasteiger partial charge in [0, 0.05) is 31.9 Å². The molecule has 6 nitrogen and oxygen atoms in total. The van der Waals surface area contributed by atoms with Crippen molar-refractivity contribution in [1.29, 1.82) is 0 Å². The highest BCUT2D eigenvalue weighted by Crippen LogP contribution is 2.05. The number of aryl methyl sites for hydroxylation is 1. The quantitative estimate of drug-likeness (QED) is 0.792. The van der Waals surface area contributed by atoms with Crippen LogP contribution in [0.5, 0.6) is 0 Å². The lowest BCUT2D eigenvalue weighted by Gasteiger charge is -2.23. The summed E-state index contributed by atoms with van der Waals surface area (Å²) in [6, 6.07) is 2.10. The van der Waals surface area contributed by atoms with Gasteiger partial charge >= 0.3 is 0 Å². The number of nitrogens with zero attached hydrogens (tertiary/aromatic N) is 1. The third-order valence-electron chi connectivity index (χ3n) is 2.85. The van der Waals surface area contributed by atoms with Gasteiger partial charge in [0.15, 0.2) is 0 Å². The summed E-state index contributed by atoms with van der Waals surface area (Å²) in [7, 11) is 0. The summed E-state index contributed by atoms with van der Waals surface area (Å²) < 4.78 is 10.2. The first-order valence-electron chi connectivity index (χ1n) is 6.24. The molecule has 0 aromatic carbocycles. The molecule has 1 aliphatic heterocycles. The predicted octanol–water partition coefficient (Wildman–Crippen LogP) is 0.368. The van der Waals surface area contributed by atoms with Crippen LogP contribution in [0, 0.1) is 6.92 Å². The molecule has 1 saturated heterocycles. The number of carbonyl (C=O) groups is 1. The number of amides is 1. The first-order chi connectivity index (χ1) is 8.74. The molecule has 1 amide bonds. The van der Waals surface area contributed by atoms with E-state index in [-0.39, 0.29) is 11.9 Å². The Morgan fingerprint density at radius 2 is 2.28 bits per heavy atom. The highest BCUT2D eigenvalue weighted by atomic mass is 16.5. The van der Waals surface area contributed by atoms with Gasteiger partial charge in [0.2, 0.25) is 5.91 Å². The highest BCUT2D eigenvalue weighted by Gasteiger charge is 2.15. The van der Waals surface area contributed by atoms with Crippen LogP contribution in [-0.2, 0) is 16.1 Å². The van der Waals surface area contributed by atoms with Crippen LogP contribution < -0.4 is 10.6 Å². The second kappa shape index (κ2) is 6.51. The molecule has 6 heteroatoms. The molecule has 1 fully saturated rings. The van der Waals surface area contributed by atoms with Gasteiger partial charge < -0.3 is 19.9 Å². The van der Waals surface area contributed by atoms with Gasteiger partial charge in [-0.05, 0) is 19.8 Å². The minimum atomic E-state index is 0.0158. The van der Waals surface area contributed by atoms with E-state index in [0.717, 1.165) is 37.5 Å². The van der Waals surface area contributed by atoms with Crippen molar-refractivity contribution in [3.05, 3.63) is 17.5 Å². The van der Waals surface area contributed by atoms with Gasteiger partial charge in [0.25, 0.3) is 0 Å². The number of ether oxygens (including phenoxy) is 1. The van der Waals surface area contributed by atoms with Crippen molar-refractivity contribution in [2.45, 2.75) is 32.4 Å². The Balaban J connectivity index is 1.62. The average Bonchev–Trinajstić information content (AvgIpc) is 2.76. The first kappa shape index (κ1) is 13.0. The standard InChI is InChI=1S/C12H19N3O3/c1-9-6-11(15-18-9)7-13-8-12(16)14-10-2-4-17-5-3-10/h6,10,13H,2-5,7-8H2,1H3,(H,14,16). The van der Waals surface area contributed by atoms with Crippen molar-refractivity contribution in [1.82, 2.24) is 15.8 Å². The van der Waals surface area contributed by atoms with E-state index >= 15 is 0 Å². The zero-order chi connectivity index (χ0) is 12.8. The number of hydrogen-bond donors (Lipinski definition) is 2. The lowest BCUT2D eigenvalue weighted by molar-refractivity contribution is -0.121. The Bertz CT molecular complexity index is 386. The Hall–Kier alpha value is -1.40. The molecular weight excluding hydrogens is 234 g/mol. The molecule has 1 aliphatic rings. The van der Waals surface area contributed by atoms with Crippen molar-refractivity contribution in [3.63, 3.8) is 0 Å². The van der Waals surface area contributed by atoms with Gasteiger partial charge in [0.1, 0.15) is 5.76 Å². The molecule has 1 aromatic rings. The third-order valence-corrected chi connectivity index (χ3v) is 2.85. The van der Waals surface area contributed by atoms with Crippen molar-refractivity contribution in [2.75, 3.05) is 19.8 Å². The molecule has 2 rings (SSSR count). The molecule has 0 unspecified atom stereocenters. The van der Waals surface area contributed by atoms with Gasteiger partial charge in [-0.25, -0.2) is 0 Å². The summed E-state index contributed by atoms with van der Waals surface area (Å²) in [5, 5.41) is 9.87. The van der Waals surface area contributed by atoms with Crippen LogP contribution in [0.2, 0.25) is 0 Å². The number of rotatable bonds is 5.